The minimum absolute atomic E-state index is 0.131. The quantitative estimate of drug-likeness (QED) is 0.336. The van der Waals surface area contributed by atoms with Gasteiger partial charge in [0.05, 0.1) is 11.5 Å². The fraction of sp³-hybridized carbons (Fsp3) is 0.500. The second kappa shape index (κ2) is 7.33. The summed E-state index contributed by atoms with van der Waals surface area (Å²) in [6.45, 7) is 3.76. The van der Waals surface area contributed by atoms with Crippen LogP contribution < -0.4 is 4.90 Å². The molecule has 6 heteroatoms. The lowest BCUT2D eigenvalue weighted by atomic mass is 10.2. The number of halogens is 1. The van der Waals surface area contributed by atoms with E-state index in [0.717, 1.165) is 5.56 Å². The lowest BCUT2D eigenvalue weighted by Crippen LogP contribution is -2.23. The van der Waals surface area contributed by atoms with Crippen LogP contribution in [0.1, 0.15) is 12.5 Å². The fourth-order valence-corrected chi connectivity index (χ4v) is 1.94. The van der Waals surface area contributed by atoms with Gasteiger partial charge in [-0.2, -0.15) is 0 Å². The van der Waals surface area contributed by atoms with Gasteiger partial charge in [0.15, 0.2) is 0 Å². The van der Waals surface area contributed by atoms with Crippen molar-refractivity contribution < 1.29 is 9.66 Å². The number of hydrogen-bond donors (Lipinski definition) is 0. The van der Waals surface area contributed by atoms with E-state index in [1.54, 1.807) is 12.1 Å². The summed E-state index contributed by atoms with van der Waals surface area (Å²) in [5.74, 6) is 0. The molecule has 0 aromatic heterocycles. The fourth-order valence-electron chi connectivity index (χ4n) is 1.59. The maximum atomic E-state index is 11.1. The third-order valence-electron chi connectivity index (χ3n) is 2.58. The van der Waals surface area contributed by atoms with Gasteiger partial charge in [0.25, 0.3) is 5.69 Å². The van der Waals surface area contributed by atoms with Gasteiger partial charge in [-0.05, 0) is 18.6 Å². The molecule has 18 heavy (non-hydrogen) atoms. The van der Waals surface area contributed by atoms with E-state index in [0.29, 0.717) is 30.8 Å². The van der Waals surface area contributed by atoms with Crippen molar-refractivity contribution in [1.29, 1.82) is 0 Å². The lowest BCUT2D eigenvalue weighted by Gasteiger charge is -2.19. The minimum Gasteiger partial charge on any atom is -0.380 e. The molecule has 1 aromatic carbocycles. The van der Waals surface area contributed by atoms with Crippen LogP contribution in [0, 0.1) is 10.1 Å². The second-order valence-electron chi connectivity index (χ2n) is 3.83. The van der Waals surface area contributed by atoms with Crippen LogP contribution in [0.5, 0.6) is 0 Å². The Morgan fingerprint density at radius 2 is 2.22 bits per heavy atom. The number of benzene rings is 1. The second-order valence-corrected chi connectivity index (χ2v) is 4.39. The average Bonchev–Trinajstić information content (AvgIpc) is 2.38. The third kappa shape index (κ3) is 3.96. The molecule has 0 fully saturated rings. The molecule has 100 valence electrons. The molecule has 0 spiro atoms. The molecule has 0 amide bonds. The molecule has 0 bridgehead atoms. The summed E-state index contributed by atoms with van der Waals surface area (Å²) >= 11 is 3.30. The predicted molar refractivity (Wildman–Crippen MR) is 75.5 cm³/mol. The standard InChI is InChI=1S/C12H17BrN2O3/c1-3-18-7-6-14(2)11-5-4-10(9-13)8-12(11)15(16)17/h4-5,8H,3,6-7,9H2,1-2H3. The predicted octanol–water partition coefficient (Wildman–Crippen LogP) is 2.96. The van der Waals surface area contributed by atoms with E-state index < -0.39 is 0 Å². The molecule has 0 saturated heterocycles. The molecule has 0 heterocycles. The van der Waals surface area contributed by atoms with Crippen LogP contribution in [0.25, 0.3) is 0 Å². The number of nitrogens with zero attached hydrogens (tertiary/aromatic N) is 2. The summed E-state index contributed by atoms with van der Waals surface area (Å²) in [6.07, 6.45) is 0. The maximum Gasteiger partial charge on any atom is 0.292 e. The first-order chi connectivity index (χ1) is 8.60. The number of rotatable bonds is 7. The molecule has 0 radical (unpaired) electrons. The van der Waals surface area contributed by atoms with Crippen LogP contribution in [0.15, 0.2) is 18.2 Å². The molecule has 0 aliphatic carbocycles. The Labute approximate surface area is 115 Å². The van der Waals surface area contributed by atoms with Crippen LogP contribution in [0.2, 0.25) is 0 Å². The first-order valence-electron chi connectivity index (χ1n) is 5.72. The molecular weight excluding hydrogens is 300 g/mol. The van der Waals surface area contributed by atoms with E-state index in [-0.39, 0.29) is 10.6 Å². The molecular formula is C12H17BrN2O3. The number of nitro benzene ring substituents is 1. The molecule has 0 unspecified atom stereocenters. The molecule has 1 rings (SSSR count). The van der Waals surface area contributed by atoms with Crippen LogP contribution in [0.3, 0.4) is 0 Å². The lowest BCUT2D eigenvalue weighted by molar-refractivity contribution is -0.384. The van der Waals surface area contributed by atoms with Crippen molar-refractivity contribution in [3.05, 3.63) is 33.9 Å². The Morgan fingerprint density at radius 1 is 1.50 bits per heavy atom. The van der Waals surface area contributed by atoms with Gasteiger partial charge in [0.1, 0.15) is 5.69 Å². The van der Waals surface area contributed by atoms with E-state index in [2.05, 4.69) is 15.9 Å². The van der Waals surface area contributed by atoms with Crippen LogP contribution >= 0.6 is 15.9 Å². The van der Waals surface area contributed by atoms with Crippen molar-refractivity contribution in [2.45, 2.75) is 12.3 Å². The topological polar surface area (TPSA) is 55.6 Å². The zero-order valence-electron chi connectivity index (χ0n) is 10.6. The van der Waals surface area contributed by atoms with Crippen molar-refractivity contribution in [3.63, 3.8) is 0 Å². The molecule has 0 aliphatic heterocycles. The van der Waals surface area contributed by atoms with Crippen molar-refractivity contribution in [2.75, 3.05) is 31.7 Å². The van der Waals surface area contributed by atoms with E-state index in [1.807, 2.05) is 24.9 Å². The Balaban J connectivity index is 2.89. The number of hydrogen-bond acceptors (Lipinski definition) is 4. The molecule has 5 nitrogen and oxygen atoms in total. The van der Waals surface area contributed by atoms with Crippen molar-refractivity contribution in [3.8, 4) is 0 Å². The van der Waals surface area contributed by atoms with Gasteiger partial charge in [0.2, 0.25) is 0 Å². The maximum absolute atomic E-state index is 11.1. The van der Waals surface area contributed by atoms with Gasteiger partial charge >= 0.3 is 0 Å². The SMILES string of the molecule is CCOCCN(C)c1ccc(CBr)cc1[N+](=O)[O-]. The summed E-state index contributed by atoms with van der Waals surface area (Å²) in [4.78, 5) is 12.5. The van der Waals surface area contributed by atoms with E-state index >= 15 is 0 Å². The first kappa shape index (κ1) is 14.9. The highest BCUT2D eigenvalue weighted by Gasteiger charge is 2.17. The number of anilines is 1. The Bertz CT molecular complexity index is 412. The van der Waals surface area contributed by atoms with Crippen molar-refractivity contribution >= 4 is 27.3 Å². The number of nitro groups is 1. The highest BCUT2D eigenvalue weighted by Crippen LogP contribution is 2.29. The zero-order chi connectivity index (χ0) is 13.5. The number of likely N-dealkylation sites (N-methyl/N-ethyl adjacent to an activating group) is 1. The average molecular weight is 317 g/mol. The zero-order valence-corrected chi connectivity index (χ0v) is 12.1. The number of alkyl halides is 1. The molecule has 1 aromatic rings. The Morgan fingerprint density at radius 3 is 2.78 bits per heavy atom. The van der Waals surface area contributed by atoms with Crippen LogP contribution in [-0.4, -0.2) is 31.7 Å². The van der Waals surface area contributed by atoms with Gasteiger partial charge in [-0.15, -0.1) is 0 Å². The minimum atomic E-state index is -0.349. The van der Waals surface area contributed by atoms with E-state index in [9.17, 15) is 10.1 Å². The van der Waals surface area contributed by atoms with Gasteiger partial charge < -0.3 is 9.64 Å². The highest BCUT2D eigenvalue weighted by molar-refractivity contribution is 9.08. The Hall–Kier alpha value is -1.14. The van der Waals surface area contributed by atoms with Gasteiger partial charge in [-0.25, -0.2) is 0 Å². The first-order valence-corrected chi connectivity index (χ1v) is 6.84. The summed E-state index contributed by atoms with van der Waals surface area (Å²) in [6, 6.07) is 5.26. The van der Waals surface area contributed by atoms with Gasteiger partial charge in [-0.3, -0.25) is 10.1 Å². The molecule has 0 saturated carbocycles. The van der Waals surface area contributed by atoms with Crippen molar-refractivity contribution in [2.24, 2.45) is 0 Å². The van der Waals surface area contributed by atoms with Gasteiger partial charge in [-0.1, -0.05) is 22.0 Å². The number of ether oxygens (including phenoxy) is 1. The molecule has 0 atom stereocenters. The van der Waals surface area contributed by atoms with E-state index in [4.69, 9.17) is 4.74 Å². The Kier molecular flexibility index (Phi) is 6.07. The third-order valence-corrected chi connectivity index (χ3v) is 3.22. The smallest absolute Gasteiger partial charge is 0.292 e. The highest BCUT2D eigenvalue weighted by atomic mass is 79.9. The summed E-state index contributed by atoms with van der Waals surface area (Å²) in [5, 5.41) is 11.7. The summed E-state index contributed by atoms with van der Waals surface area (Å²) in [7, 11) is 1.83. The monoisotopic (exact) mass is 316 g/mol. The van der Waals surface area contributed by atoms with Crippen molar-refractivity contribution in [1.82, 2.24) is 0 Å². The van der Waals surface area contributed by atoms with E-state index in [1.165, 1.54) is 0 Å². The molecule has 0 aliphatic rings. The molecule has 0 N–H and O–H groups in total. The normalized spacial score (nSPS) is 10.4. The van der Waals surface area contributed by atoms with Crippen LogP contribution in [0.4, 0.5) is 11.4 Å². The summed E-state index contributed by atoms with van der Waals surface area (Å²) < 4.78 is 5.25. The van der Waals surface area contributed by atoms with Gasteiger partial charge in [0, 0.05) is 31.6 Å². The largest absolute Gasteiger partial charge is 0.380 e. The van der Waals surface area contributed by atoms with Crippen LogP contribution in [-0.2, 0) is 10.1 Å². The summed E-state index contributed by atoms with van der Waals surface area (Å²) in [5.41, 5.74) is 1.64.